The van der Waals surface area contributed by atoms with Crippen molar-refractivity contribution >= 4 is 17.6 Å². The number of nitrogens with zero attached hydrogens (tertiary/aromatic N) is 2. The molecule has 8 nitrogen and oxygen atoms in total. The molecular weight excluding hydrogens is 338 g/mol. The van der Waals surface area contributed by atoms with Crippen LogP contribution in [0.2, 0.25) is 0 Å². The molecule has 2 N–H and O–H groups in total. The number of aliphatic carboxylic acids is 1. The summed E-state index contributed by atoms with van der Waals surface area (Å²) in [7, 11) is 1.52. The summed E-state index contributed by atoms with van der Waals surface area (Å²) in [6.07, 6.45) is 4.41. The summed E-state index contributed by atoms with van der Waals surface area (Å²) in [5.41, 5.74) is -0.561. The second-order valence-electron chi connectivity index (χ2n) is 5.95. The van der Waals surface area contributed by atoms with Crippen LogP contribution in [0.3, 0.4) is 0 Å². The first-order chi connectivity index (χ1) is 12.3. The Labute approximate surface area is 151 Å². The van der Waals surface area contributed by atoms with Crippen LogP contribution < -0.4 is 14.8 Å². The van der Waals surface area contributed by atoms with Crippen molar-refractivity contribution < 1.29 is 24.2 Å². The minimum absolute atomic E-state index is 0.234. The molecule has 0 radical (unpaired) electrons. The number of amides is 1. The fourth-order valence-electron chi connectivity index (χ4n) is 2.07. The van der Waals surface area contributed by atoms with Gasteiger partial charge in [0.25, 0.3) is 5.91 Å². The van der Waals surface area contributed by atoms with Gasteiger partial charge in [0, 0.05) is 12.3 Å². The molecule has 138 valence electrons. The van der Waals surface area contributed by atoms with Gasteiger partial charge in [-0.2, -0.15) is 5.10 Å². The maximum absolute atomic E-state index is 12.6. The molecule has 0 fully saturated rings. The minimum atomic E-state index is -1.23. The zero-order valence-electron chi connectivity index (χ0n) is 14.9. The van der Waals surface area contributed by atoms with E-state index in [-0.39, 0.29) is 6.61 Å². The predicted molar refractivity (Wildman–Crippen MR) is 95.8 cm³/mol. The third kappa shape index (κ3) is 4.02. The van der Waals surface area contributed by atoms with Crippen molar-refractivity contribution in [3.05, 3.63) is 48.8 Å². The van der Waals surface area contributed by atoms with Crippen molar-refractivity contribution in [2.45, 2.75) is 19.4 Å². The molecule has 0 aliphatic carbocycles. The number of carbonyl (C=O) groups excluding carboxylic acids is 1. The lowest BCUT2D eigenvalue weighted by molar-refractivity contribution is -0.146. The monoisotopic (exact) mass is 359 g/mol. The number of benzene rings is 1. The van der Waals surface area contributed by atoms with Gasteiger partial charge < -0.3 is 19.9 Å². The van der Waals surface area contributed by atoms with Crippen molar-refractivity contribution in [1.29, 1.82) is 0 Å². The summed E-state index contributed by atoms with van der Waals surface area (Å²) in [5.74, 6) is -0.551. The Bertz CT molecular complexity index is 826. The van der Waals surface area contributed by atoms with Gasteiger partial charge in [0.15, 0.2) is 5.54 Å². The van der Waals surface area contributed by atoms with Crippen LogP contribution >= 0.6 is 0 Å². The van der Waals surface area contributed by atoms with Gasteiger partial charge in [-0.15, -0.1) is 0 Å². The Hall–Kier alpha value is -3.29. The number of aromatic nitrogens is 2. The van der Waals surface area contributed by atoms with Crippen LogP contribution in [0, 0.1) is 0 Å². The molecular formula is C18H21N3O5. The molecule has 2 rings (SSSR count). The average molecular weight is 359 g/mol. The van der Waals surface area contributed by atoms with Gasteiger partial charge in [-0.3, -0.25) is 9.48 Å². The number of ether oxygens (including phenoxy) is 2. The Morgan fingerprint density at radius 1 is 1.42 bits per heavy atom. The molecule has 0 bridgehead atoms. The minimum Gasteiger partial charge on any atom is -0.497 e. The maximum Gasteiger partial charge on any atom is 0.331 e. The van der Waals surface area contributed by atoms with Crippen molar-refractivity contribution in [2.24, 2.45) is 0 Å². The lowest BCUT2D eigenvalue weighted by Gasteiger charge is -2.19. The molecule has 2 aromatic rings. The summed E-state index contributed by atoms with van der Waals surface area (Å²) >= 11 is 0. The molecule has 26 heavy (non-hydrogen) atoms. The van der Waals surface area contributed by atoms with Crippen molar-refractivity contribution in [3.8, 4) is 11.5 Å². The van der Waals surface area contributed by atoms with E-state index in [2.05, 4.69) is 17.0 Å². The Morgan fingerprint density at radius 3 is 2.77 bits per heavy atom. The van der Waals surface area contributed by atoms with Crippen LogP contribution in [-0.2, 0) is 10.3 Å². The largest absolute Gasteiger partial charge is 0.497 e. The topological polar surface area (TPSA) is 103 Å². The normalized spacial score (nSPS) is 10.9. The fraction of sp³-hybridized carbons (Fsp3) is 0.278. The molecule has 0 saturated carbocycles. The Kier molecular flexibility index (Phi) is 5.66. The summed E-state index contributed by atoms with van der Waals surface area (Å²) in [5, 5.41) is 15.9. The second kappa shape index (κ2) is 7.73. The molecule has 1 aromatic heterocycles. The third-order valence-electron chi connectivity index (χ3n) is 3.73. The van der Waals surface area contributed by atoms with E-state index in [1.165, 1.54) is 38.0 Å². The van der Waals surface area contributed by atoms with Crippen molar-refractivity contribution in [2.75, 3.05) is 19.0 Å². The molecule has 1 aromatic carbocycles. The molecule has 0 unspecified atom stereocenters. The van der Waals surface area contributed by atoms with E-state index in [4.69, 9.17) is 9.47 Å². The van der Waals surface area contributed by atoms with Gasteiger partial charge >= 0.3 is 5.97 Å². The van der Waals surface area contributed by atoms with E-state index in [9.17, 15) is 14.7 Å². The van der Waals surface area contributed by atoms with E-state index in [0.717, 1.165) is 0 Å². The standard InChI is InChI=1S/C18H21N3O5/c1-5-8-26-15-9-13(25-4)6-7-14(15)16(22)20-12-10-19-21(11-12)18(2,3)17(23)24/h5-7,9-11H,1,8H2,2-4H3,(H,20,22)(H,23,24). The number of methoxy groups -OCH3 is 1. The Morgan fingerprint density at radius 2 is 2.15 bits per heavy atom. The van der Waals surface area contributed by atoms with Gasteiger partial charge in [0.05, 0.1) is 24.6 Å². The first kappa shape index (κ1) is 19.0. The Balaban J connectivity index is 2.24. The fourth-order valence-corrected chi connectivity index (χ4v) is 2.07. The quantitative estimate of drug-likeness (QED) is 0.702. The first-order valence-electron chi connectivity index (χ1n) is 7.81. The van der Waals surface area contributed by atoms with Gasteiger partial charge in [-0.25, -0.2) is 4.79 Å². The maximum atomic E-state index is 12.6. The van der Waals surface area contributed by atoms with E-state index in [0.29, 0.717) is 22.7 Å². The molecule has 0 aliphatic rings. The van der Waals surface area contributed by atoms with Gasteiger partial charge in [0.1, 0.15) is 18.1 Å². The number of carbonyl (C=O) groups is 2. The van der Waals surface area contributed by atoms with Crippen LogP contribution in [0.25, 0.3) is 0 Å². The predicted octanol–water partition coefficient (Wildman–Crippen LogP) is 2.53. The molecule has 0 spiro atoms. The van der Waals surface area contributed by atoms with Crippen LogP contribution in [-0.4, -0.2) is 40.5 Å². The van der Waals surface area contributed by atoms with E-state index < -0.39 is 17.4 Å². The number of hydrogen-bond donors (Lipinski definition) is 2. The molecule has 1 amide bonds. The highest BCUT2D eigenvalue weighted by Gasteiger charge is 2.30. The summed E-state index contributed by atoms with van der Waals surface area (Å²) < 4.78 is 11.9. The number of carboxylic acids is 1. The molecule has 0 saturated heterocycles. The molecule has 0 aliphatic heterocycles. The SMILES string of the molecule is C=CCOc1cc(OC)ccc1C(=O)Nc1cnn(C(C)(C)C(=O)O)c1. The van der Waals surface area contributed by atoms with Gasteiger partial charge in [-0.05, 0) is 26.0 Å². The van der Waals surface area contributed by atoms with E-state index in [1.807, 2.05) is 0 Å². The molecule has 8 heteroatoms. The average Bonchev–Trinajstić information content (AvgIpc) is 3.08. The molecule has 0 atom stereocenters. The van der Waals surface area contributed by atoms with Crippen LogP contribution in [0.5, 0.6) is 11.5 Å². The van der Waals surface area contributed by atoms with Gasteiger partial charge in [0.2, 0.25) is 0 Å². The summed E-state index contributed by atoms with van der Waals surface area (Å²) in [6.45, 7) is 6.84. The highest BCUT2D eigenvalue weighted by molar-refractivity contribution is 6.06. The second-order valence-corrected chi connectivity index (χ2v) is 5.95. The zero-order valence-corrected chi connectivity index (χ0v) is 14.9. The van der Waals surface area contributed by atoms with E-state index >= 15 is 0 Å². The lowest BCUT2D eigenvalue weighted by atomic mass is 10.1. The smallest absolute Gasteiger partial charge is 0.331 e. The highest BCUT2D eigenvalue weighted by Crippen LogP contribution is 2.26. The summed E-state index contributed by atoms with van der Waals surface area (Å²) in [4.78, 5) is 23.9. The number of hydrogen-bond acceptors (Lipinski definition) is 5. The highest BCUT2D eigenvalue weighted by atomic mass is 16.5. The number of rotatable bonds is 8. The van der Waals surface area contributed by atoms with Crippen LogP contribution in [0.15, 0.2) is 43.2 Å². The zero-order chi connectivity index (χ0) is 19.3. The van der Waals surface area contributed by atoms with Crippen molar-refractivity contribution in [1.82, 2.24) is 9.78 Å². The third-order valence-corrected chi connectivity index (χ3v) is 3.73. The first-order valence-corrected chi connectivity index (χ1v) is 7.81. The van der Waals surface area contributed by atoms with Crippen LogP contribution in [0.1, 0.15) is 24.2 Å². The van der Waals surface area contributed by atoms with E-state index in [1.54, 1.807) is 24.3 Å². The number of carboxylic acid groups (broad SMARTS) is 1. The van der Waals surface area contributed by atoms with Gasteiger partial charge in [-0.1, -0.05) is 12.7 Å². The summed E-state index contributed by atoms with van der Waals surface area (Å²) in [6, 6.07) is 4.83. The van der Waals surface area contributed by atoms with Crippen molar-refractivity contribution in [3.63, 3.8) is 0 Å². The number of nitrogens with one attached hydrogen (secondary N) is 1. The van der Waals surface area contributed by atoms with Crippen LogP contribution in [0.4, 0.5) is 5.69 Å². The molecule has 1 heterocycles. The lowest BCUT2D eigenvalue weighted by Crippen LogP contribution is -2.35. The number of anilines is 1.